The van der Waals surface area contributed by atoms with Crippen LogP contribution in [0, 0.1) is 5.92 Å². The zero-order valence-electron chi connectivity index (χ0n) is 16.8. The van der Waals surface area contributed by atoms with Crippen molar-refractivity contribution in [2.24, 2.45) is 5.92 Å². The van der Waals surface area contributed by atoms with Crippen molar-refractivity contribution in [1.29, 1.82) is 0 Å². The third-order valence-corrected chi connectivity index (χ3v) is 5.14. The van der Waals surface area contributed by atoms with Crippen LogP contribution in [0.3, 0.4) is 0 Å². The lowest BCUT2D eigenvalue weighted by molar-refractivity contribution is 0.306. The molecule has 2 aromatic carbocycles. The topological polar surface area (TPSA) is 39.1 Å². The first kappa shape index (κ1) is 18.6. The number of hydrogen-bond donors (Lipinski definition) is 1. The van der Waals surface area contributed by atoms with Gasteiger partial charge in [-0.05, 0) is 61.4 Å². The standard InChI is InChI=1S/C24H29N3O/c1-18(2)16-23-22-10-6-7-15-25-24(22)27(26-23)20-11-13-21(14-12-20)28-17-19-8-4-3-5-9-19/h3-5,8-9,11-14,18,25H,6-7,10,15-17H2,1-2H3. The van der Waals surface area contributed by atoms with Gasteiger partial charge in [0.25, 0.3) is 0 Å². The van der Waals surface area contributed by atoms with Gasteiger partial charge in [-0.1, -0.05) is 44.2 Å². The minimum Gasteiger partial charge on any atom is -0.489 e. The van der Waals surface area contributed by atoms with Gasteiger partial charge in [0, 0.05) is 12.1 Å². The summed E-state index contributed by atoms with van der Waals surface area (Å²) in [6, 6.07) is 18.5. The predicted octanol–water partition coefficient (Wildman–Crippen LogP) is 5.40. The Bertz CT molecular complexity index is 898. The molecule has 1 aliphatic rings. The van der Waals surface area contributed by atoms with E-state index >= 15 is 0 Å². The van der Waals surface area contributed by atoms with Gasteiger partial charge in [-0.2, -0.15) is 5.10 Å². The van der Waals surface area contributed by atoms with Crippen LogP contribution in [0.15, 0.2) is 54.6 Å². The number of nitrogens with one attached hydrogen (secondary N) is 1. The van der Waals surface area contributed by atoms with E-state index in [-0.39, 0.29) is 0 Å². The van der Waals surface area contributed by atoms with E-state index in [9.17, 15) is 0 Å². The molecule has 1 aliphatic heterocycles. The molecule has 2 heterocycles. The molecule has 0 saturated carbocycles. The number of nitrogens with zero attached hydrogens (tertiary/aromatic N) is 2. The predicted molar refractivity (Wildman–Crippen MR) is 114 cm³/mol. The molecular formula is C24H29N3O. The molecule has 146 valence electrons. The summed E-state index contributed by atoms with van der Waals surface area (Å²) < 4.78 is 8.01. The minimum atomic E-state index is 0.581. The van der Waals surface area contributed by atoms with Gasteiger partial charge in [0.2, 0.25) is 0 Å². The Balaban J connectivity index is 1.56. The molecule has 1 aromatic heterocycles. The van der Waals surface area contributed by atoms with Gasteiger partial charge in [0.1, 0.15) is 18.2 Å². The summed E-state index contributed by atoms with van der Waals surface area (Å²) >= 11 is 0. The van der Waals surface area contributed by atoms with Crippen molar-refractivity contribution in [3.05, 3.63) is 71.4 Å². The fourth-order valence-corrected chi connectivity index (χ4v) is 3.74. The molecule has 0 spiro atoms. The zero-order valence-corrected chi connectivity index (χ0v) is 16.8. The summed E-state index contributed by atoms with van der Waals surface area (Å²) in [4.78, 5) is 0. The van der Waals surface area contributed by atoms with E-state index in [0.717, 1.165) is 30.8 Å². The molecule has 0 radical (unpaired) electrons. The van der Waals surface area contributed by atoms with E-state index in [4.69, 9.17) is 9.84 Å². The largest absolute Gasteiger partial charge is 0.489 e. The Morgan fingerprint density at radius 1 is 1.04 bits per heavy atom. The van der Waals surface area contributed by atoms with Gasteiger partial charge >= 0.3 is 0 Å². The van der Waals surface area contributed by atoms with Crippen LogP contribution in [0.1, 0.15) is 43.5 Å². The van der Waals surface area contributed by atoms with Crippen LogP contribution >= 0.6 is 0 Å². The number of hydrogen-bond acceptors (Lipinski definition) is 3. The first-order valence-electron chi connectivity index (χ1n) is 10.3. The number of anilines is 1. The van der Waals surface area contributed by atoms with E-state index in [1.165, 1.54) is 35.5 Å². The third-order valence-electron chi connectivity index (χ3n) is 5.14. The summed E-state index contributed by atoms with van der Waals surface area (Å²) in [7, 11) is 0. The number of ether oxygens (including phenoxy) is 1. The molecule has 1 N–H and O–H groups in total. The van der Waals surface area contributed by atoms with Crippen molar-refractivity contribution in [2.45, 2.75) is 46.1 Å². The molecule has 0 unspecified atom stereocenters. The van der Waals surface area contributed by atoms with Gasteiger partial charge in [-0.3, -0.25) is 0 Å². The number of fused-ring (bicyclic) bond motifs is 1. The SMILES string of the molecule is CC(C)Cc1nn(-c2ccc(OCc3ccccc3)cc2)c2c1CCCCN2. The zero-order chi connectivity index (χ0) is 19.3. The molecule has 0 fully saturated rings. The normalized spacial score (nSPS) is 13.7. The Labute approximate surface area is 167 Å². The summed E-state index contributed by atoms with van der Waals surface area (Å²) in [5.41, 5.74) is 4.89. The molecule has 0 aliphatic carbocycles. The lowest BCUT2D eigenvalue weighted by atomic mass is 10.0. The second-order valence-electron chi connectivity index (χ2n) is 7.94. The highest BCUT2D eigenvalue weighted by Crippen LogP contribution is 2.30. The van der Waals surface area contributed by atoms with Gasteiger partial charge < -0.3 is 10.1 Å². The van der Waals surface area contributed by atoms with E-state index in [1.807, 2.05) is 30.3 Å². The van der Waals surface area contributed by atoms with Crippen LogP contribution in [0.2, 0.25) is 0 Å². The second-order valence-corrected chi connectivity index (χ2v) is 7.94. The van der Waals surface area contributed by atoms with Crippen LogP contribution in [0.4, 0.5) is 5.82 Å². The van der Waals surface area contributed by atoms with Gasteiger partial charge in [0.05, 0.1) is 11.4 Å². The highest BCUT2D eigenvalue weighted by Gasteiger charge is 2.21. The molecule has 4 rings (SSSR count). The maximum Gasteiger partial charge on any atom is 0.133 e. The Morgan fingerprint density at radius 2 is 1.82 bits per heavy atom. The summed E-state index contributed by atoms with van der Waals surface area (Å²) in [6.45, 7) is 6.11. The highest BCUT2D eigenvalue weighted by atomic mass is 16.5. The highest BCUT2D eigenvalue weighted by molar-refractivity contribution is 5.55. The summed E-state index contributed by atoms with van der Waals surface area (Å²) in [5.74, 6) is 2.65. The maximum absolute atomic E-state index is 5.93. The smallest absolute Gasteiger partial charge is 0.133 e. The van der Waals surface area contributed by atoms with Gasteiger partial charge in [0.15, 0.2) is 0 Å². The van der Waals surface area contributed by atoms with Crippen LogP contribution in [-0.4, -0.2) is 16.3 Å². The van der Waals surface area contributed by atoms with E-state index < -0.39 is 0 Å². The van der Waals surface area contributed by atoms with Crippen molar-refractivity contribution < 1.29 is 4.74 Å². The average Bonchev–Trinajstić information content (AvgIpc) is 2.89. The van der Waals surface area contributed by atoms with Gasteiger partial charge in [-0.25, -0.2) is 4.68 Å². The van der Waals surface area contributed by atoms with Crippen LogP contribution in [-0.2, 0) is 19.4 Å². The Hall–Kier alpha value is -2.75. The molecule has 0 amide bonds. The molecule has 0 bridgehead atoms. The molecule has 3 aromatic rings. The molecule has 0 saturated heterocycles. The average molecular weight is 376 g/mol. The molecule has 4 heteroatoms. The third kappa shape index (κ3) is 4.22. The molecule has 4 nitrogen and oxygen atoms in total. The van der Waals surface area contributed by atoms with Crippen LogP contribution < -0.4 is 10.1 Å². The van der Waals surface area contributed by atoms with Crippen LogP contribution in [0.25, 0.3) is 5.69 Å². The summed E-state index contributed by atoms with van der Waals surface area (Å²) in [5, 5.41) is 8.60. The number of rotatable bonds is 6. The van der Waals surface area contributed by atoms with Crippen LogP contribution in [0.5, 0.6) is 5.75 Å². The van der Waals surface area contributed by atoms with Crippen molar-refractivity contribution in [3.8, 4) is 11.4 Å². The van der Waals surface area contributed by atoms with Gasteiger partial charge in [-0.15, -0.1) is 0 Å². The molecule has 0 atom stereocenters. The first-order chi connectivity index (χ1) is 13.7. The Kier molecular flexibility index (Phi) is 5.65. The van der Waals surface area contributed by atoms with E-state index in [2.05, 4.69) is 48.1 Å². The fraction of sp³-hybridized carbons (Fsp3) is 0.375. The lowest BCUT2D eigenvalue weighted by Gasteiger charge is -2.11. The minimum absolute atomic E-state index is 0.581. The fourth-order valence-electron chi connectivity index (χ4n) is 3.74. The second kappa shape index (κ2) is 8.51. The van der Waals surface area contributed by atoms with Crippen molar-refractivity contribution in [2.75, 3.05) is 11.9 Å². The van der Waals surface area contributed by atoms with E-state index in [1.54, 1.807) is 0 Å². The molecule has 28 heavy (non-hydrogen) atoms. The van der Waals surface area contributed by atoms with E-state index in [0.29, 0.717) is 12.5 Å². The van der Waals surface area contributed by atoms with Crippen molar-refractivity contribution in [3.63, 3.8) is 0 Å². The Morgan fingerprint density at radius 3 is 2.57 bits per heavy atom. The lowest BCUT2D eigenvalue weighted by Crippen LogP contribution is -2.07. The maximum atomic E-state index is 5.93. The monoisotopic (exact) mass is 375 g/mol. The van der Waals surface area contributed by atoms with Crippen molar-refractivity contribution in [1.82, 2.24) is 9.78 Å². The quantitative estimate of drug-likeness (QED) is 0.627. The number of aromatic nitrogens is 2. The van der Waals surface area contributed by atoms with Crippen molar-refractivity contribution >= 4 is 5.82 Å². The summed E-state index contributed by atoms with van der Waals surface area (Å²) in [6.07, 6.45) is 4.57. The first-order valence-corrected chi connectivity index (χ1v) is 10.3. The molecular weight excluding hydrogens is 346 g/mol. The number of benzene rings is 2.